The van der Waals surface area contributed by atoms with E-state index in [1.807, 2.05) is 18.5 Å². The van der Waals surface area contributed by atoms with Gasteiger partial charge in [0.05, 0.1) is 17.9 Å². The van der Waals surface area contributed by atoms with Crippen molar-refractivity contribution in [2.75, 3.05) is 11.6 Å². The lowest BCUT2D eigenvalue weighted by atomic mass is 9.96. The Kier molecular flexibility index (Phi) is 5.06. The molecule has 3 rings (SSSR count). The minimum atomic E-state index is 0.471. The fourth-order valence-electron chi connectivity index (χ4n) is 3.06. The minimum absolute atomic E-state index is 0.471. The van der Waals surface area contributed by atoms with Crippen molar-refractivity contribution in [3.05, 3.63) is 59.9 Å². The Labute approximate surface area is 139 Å². The molecular weight excluding hydrogens is 282 g/mol. The lowest BCUT2D eigenvalue weighted by Gasteiger charge is -2.15. The van der Waals surface area contributed by atoms with Crippen LogP contribution in [0.2, 0.25) is 0 Å². The highest BCUT2D eigenvalue weighted by atomic mass is 15.5. The Morgan fingerprint density at radius 2 is 1.96 bits per heavy atom. The van der Waals surface area contributed by atoms with E-state index in [9.17, 15) is 0 Å². The summed E-state index contributed by atoms with van der Waals surface area (Å²) in [7, 11) is 0. The Balaban J connectivity index is 1.79. The van der Waals surface area contributed by atoms with E-state index in [0.717, 1.165) is 24.2 Å². The van der Waals surface area contributed by atoms with Gasteiger partial charge in [-0.25, -0.2) is 0 Å². The molecule has 120 valence electrons. The number of pyridine rings is 1. The molecule has 3 heteroatoms. The van der Waals surface area contributed by atoms with Gasteiger partial charge in [-0.1, -0.05) is 32.4 Å². The minimum Gasteiger partial charge on any atom is -0.265 e. The molecule has 0 aliphatic carbocycles. The van der Waals surface area contributed by atoms with E-state index in [0.29, 0.717) is 5.92 Å². The Bertz CT molecular complexity index is 646. The van der Waals surface area contributed by atoms with Gasteiger partial charge in [-0.15, -0.1) is 0 Å². The molecule has 0 saturated carbocycles. The van der Waals surface area contributed by atoms with E-state index < -0.39 is 0 Å². The van der Waals surface area contributed by atoms with Crippen LogP contribution >= 0.6 is 0 Å². The maximum absolute atomic E-state index is 4.88. The largest absolute Gasteiger partial charge is 0.265 e. The molecule has 23 heavy (non-hydrogen) atoms. The topological polar surface area (TPSA) is 28.5 Å². The van der Waals surface area contributed by atoms with Crippen molar-refractivity contribution in [3.63, 3.8) is 0 Å². The average Bonchev–Trinajstić information content (AvgIpc) is 3.05. The maximum atomic E-state index is 4.88. The van der Waals surface area contributed by atoms with Gasteiger partial charge in [-0.3, -0.25) is 9.99 Å². The molecule has 0 bridgehead atoms. The number of benzene rings is 1. The SMILES string of the molecule is CCCCc1ccc(N2CC(CC)C(c3cccnc3)=N2)cc1. The van der Waals surface area contributed by atoms with E-state index in [2.05, 4.69) is 54.2 Å². The summed E-state index contributed by atoms with van der Waals surface area (Å²) >= 11 is 0. The van der Waals surface area contributed by atoms with Crippen molar-refractivity contribution in [3.8, 4) is 0 Å². The van der Waals surface area contributed by atoms with Gasteiger partial charge in [-0.2, -0.15) is 5.10 Å². The fourth-order valence-corrected chi connectivity index (χ4v) is 3.06. The molecule has 0 fully saturated rings. The second kappa shape index (κ2) is 7.40. The van der Waals surface area contributed by atoms with E-state index in [-0.39, 0.29) is 0 Å². The lowest BCUT2D eigenvalue weighted by Crippen LogP contribution is -2.19. The Hall–Kier alpha value is -2.16. The summed E-state index contributed by atoms with van der Waals surface area (Å²) in [5, 5.41) is 7.02. The Morgan fingerprint density at radius 3 is 2.61 bits per heavy atom. The van der Waals surface area contributed by atoms with Gasteiger partial charge in [0.1, 0.15) is 0 Å². The monoisotopic (exact) mass is 307 g/mol. The number of anilines is 1. The zero-order chi connectivity index (χ0) is 16.1. The van der Waals surface area contributed by atoms with Crippen LogP contribution in [0.4, 0.5) is 5.69 Å². The number of unbranched alkanes of at least 4 members (excludes halogenated alkanes) is 1. The molecule has 2 aromatic rings. The van der Waals surface area contributed by atoms with Crippen LogP contribution in [0.5, 0.6) is 0 Å². The van der Waals surface area contributed by atoms with Crippen molar-refractivity contribution in [1.29, 1.82) is 0 Å². The second-order valence-corrected chi connectivity index (χ2v) is 6.18. The first-order valence-electron chi connectivity index (χ1n) is 8.67. The second-order valence-electron chi connectivity index (χ2n) is 6.18. The molecule has 1 aliphatic heterocycles. The summed E-state index contributed by atoms with van der Waals surface area (Å²) < 4.78 is 0. The van der Waals surface area contributed by atoms with E-state index >= 15 is 0 Å². The van der Waals surface area contributed by atoms with Gasteiger partial charge < -0.3 is 0 Å². The highest BCUT2D eigenvalue weighted by Gasteiger charge is 2.27. The van der Waals surface area contributed by atoms with E-state index in [4.69, 9.17) is 5.10 Å². The summed E-state index contributed by atoms with van der Waals surface area (Å²) in [6.45, 7) is 5.42. The zero-order valence-electron chi connectivity index (χ0n) is 14.1. The first-order valence-corrected chi connectivity index (χ1v) is 8.67. The van der Waals surface area contributed by atoms with Crippen LogP contribution in [0.25, 0.3) is 0 Å². The van der Waals surface area contributed by atoms with Gasteiger partial charge in [0.15, 0.2) is 0 Å². The number of rotatable bonds is 6. The van der Waals surface area contributed by atoms with Crippen LogP contribution in [-0.2, 0) is 6.42 Å². The smallest absolute Gasteiger partial charge is 0.0746 e. The lowest BCUT2D eigenvalue weighted by molar-refractivity contribution is 0.684. The molecule has 0 radical (unpaired) electrons. The molecule has 0 saturated heterocycles. The third kappa shape index (κ3) is 3.61. The van der Waals surface area contributed by atoms with Gasteiger partial charge in [0.2, 0.25) is 0 Å². The van der Waals surface area contributed by atoms with Crippen LogP contribution < -0.4 is 5.01 Å². The standard InChI is InChI=1S/C20H25N3/c1-3-5-7-16-9-11-19(12-10-16)23-15-17(4-2)20(22-23)18-8-6-13-21-14-18/h6,8-14,17H,3-5,7,15H2,1-2H3. The van der Waals surface area contributed by atoms with Crippen LogP contribution in [0.15, 0.2) is 53.9 Å². The first-order chi connectivity index (χ1) is 11.3. The summed E-state index contributed by atoms with van der Waals surface area (Å²) in [5.41, 5.74) is 4.90. The van der Waals surface area contributed by atoms with Gasteiger partial charge in [0.25, 0.3) is 0 Å². The summed E-state index contributed by atoms with van der Waals surface area (Å²) in [5.74, 6) is 0.471. The number of nitrogens with zero attached hydrogens (tertiary/aromatic N) is 3. The highest BCUT2D eigenvalue weighted by molar-refractivity contribution is 6.04. The Morgan fingerprint density at radius 1 is 1.13 bits per heavy atom. The molecule has 3 nitrogen and oxygen atoms in total. The van der Waals surface area contributed by atoms with Crippen molar-refractivity contribution < 1.29 is 0 Å². The van der Waals surface area contributed by atoms with Crippen LogP contribution in [0, 0.1) is 5.92 Å². The molecule has 0 N–H and O–H groups in total. The first kappa shape index (κ1) is 15.7. The quantitative estimate of drug-likeness (QED) is 0.775. The molecule has 1 aliphatic rings. The number of hydrogen-bond acceptors (Lipinski definition) is 3. The van der Waals surface area contributed by atoms with E-state index in [1.54, 1.807) is 0 Å². The van der Waals surface area contributed by atoms with Crippen LogP contribution in [-0.4, -0.2) is 17.2 Å². The molecule has 1 unspecified atom stereocenters. The third-order valence-corrected chi connectivity index (χ3v) is 4.51. The van der Waals surface area contributed by atoms with Crippen molar-refractivity contribution in [2.45, 2.75) is 39.5 Å². The molecule has 1 atom stereocenters. The molecule has 0 spiro atoms. The molecule has 1 aromatic heterocycles. The summed E-state index contributed by atoms with van der Waals surface area (Å²) in [6.07, 6.45) is 8.48. The summed E-state index contributed by atoms with van der Waals surface area (Å²) in [4.78, 5) is 4.24. The average molecular weight is 307 g/mol. The fraction of sp³-hybridized carbons (Fsp3) is 0.400. The number of hydrazone groups is 1. The summed E-state index contributed by atoms with van der Waals surface area (Å²) in [6, 6.07) is 13.0. The van der Waals surface area contributed by atoms with Crippen molar-refractivity contribution in [1.82, 2.24) is 4.98 Å². The van der Waals surface area contributed by atoms with Gasteiger partial charge in [-0.05, 0) is 49.1 Å². The third-order valence-electron chi connectivity index (χ3n) is 4.51. The van der Waals surface area contributed by atoms with Crippen molar-refractivity contribution in [2.24, 2.45) is 11.0 Å². The highest BCUT2D eigenvalue weighted by Crippen LogP contribution is 2.27. The predicted octanol–water partition coefficient (Wildman–Crippen LogP) is 4.67. The molecule has 2 heterocycles. The maximum Gasteiger partial charge on any atom is 0.0746 e. The molecular formula is C20H25N3. The van der Waals surface area contributed by atoms with Crippen molar-refractivity contribution >= 4 is 11.4 Å². The zero-order valence-corrected chi connectivity index (χ0v) is 14.1. The number of aromatic nitrogens is 1. The predicted molar refractivity (Wildman–Crippen MR) is 97.0 cm³/mol. The number of aryl methyl sites for hydroxylation is 1. The van der Waals surface area contributed by atoms with Crippen LogP contribution in [0.1, 0.15) is 44.2 Å². The van der Waals surface area contributed by atoms with Crippen LogP contribution in [0.3, 0.4) is 0 Å². The van der Waals surface area contributed by atoms with Gasteiger partial charge >= 0.3 is 0 Å². The van der Waals surface area contributed by atoms with Gasteiger partial charge in [0, 0.05) is 23.9 Å². The normalized spacial score (nSPS) is 17.4. The van der Waals surface area contributed by atoms with E-state index in [1.165, 1.54) is 30.5 Å². The molecule has 1 aromatic carbocycles. The number of hydrogen-bond donors (Lipinski definition) is 0. The molecule has 0 amide bonds.